The van der Waals surface area contributed by atoms with Crippen LogP contribution < -0.4 is 5.73 Å². The highest BCUT2D eigenvalue weighted by Crippen LogP contribution is 2.04. The summed E-state index contributed by atoms with van der Waals surface area (Å²) in [6.07, 6.45) is 2.53. The Bertz CT molecular complexity index is 509. The molecule has 1 amide bonds. The number of hydrogen-bond donors (Lipinski definition) is 1. The Kier molecular flexibility index (Phi) is 2.13. The Morgan fingerprint density at radius 3 is 2.87 bits per heavy atom. The fraction of sp³-hybridized carbons (Fsp3) is 0. The van der Waals surface area contributed by atoms with Crippen molar-refractivity contribution in [2.45, 2.75) is 0 Å². The molecular weight excluding hydrogens is 201 g/mol. The number of nitrogens with zero attached hydrogens (tertiary/aromatic N) is 4. The molecule has 0 fully saturated rings. The number of aromatic nitrogens is 4. The molecule has 0 radical (unpaired) electrons. The second kappa shape index (κ2) is 3.45. The van der Waals surface area contributed by atoms with Gasteiger partial charge in [0.2, 0.25) is 5.95 Å². The van der Waals surface area contributed by atoms with Gasteiger partial charge in [0.15, 0.2) is 5.82 Å². The SMILES string of the molecule is NC(=O)c1ccn(-c2cc(F)ncn2)n1. The second-order valence-corrected chi connectivity index (χ2v) is 2.71. The smallest absolute Gasteiger partial charge is 0.269 e. The fourth-order valence-corrected chi connectivity index (χ4v) is 1.03. The molecule has 0 atom stereocenters. The van der Waals surface area contributed by atoms with Crippen LogP contribution in [0.2, 0.25) is 0 Å². The molecule has 0 aliphatic rings. The molecule has 15 heavy (non-hydrogen) atoms. The van der Waals surface area contributed by atoms with Crippen molar-refractivity contribution in [3.05, 3.63) is 36.3 Å². The maximum atomic E-state index is 12.7. The molecule has 0 aliphatic heterocycles. The molecule has 2 N–H and O–H groups in total. The van der Waals surface area contributed by atoms with Crippen LogP contribution in [-0.4, -0.2) is 25.7 Å². The van der Waals surface area contributed by atoms with Gasteiger partial charge in [0.1, 0.15) is 12.0 Å². The first kappa shape index (κ1) is 9.25. The first-order chi connectivity index (χ1) is 7.16. The molecule has 2 aromatic heterocycles. The second-order valence-electron chi connectivity index (χ2n) is 2.71. The number of rotatable bonds is 2. The van der Waals surface area contributed by atoms with Crippen LogP contribution in [0, 0.1) is 5.95 Å². The van der Waals surface area contributed by atoms with Crippen molar-refractivity contribution in [2.75, 3.05) is 0 Å². The van der Waals surface area contributed by atoms with Crippen molar-refractivity contribution >= 4 is 5.91 Å². The molecule has 7 heteroatoms. The molecule has 0 aliphatic carbocycles. The molecule has 0 unspecified atom stereocenters. The van der Waals surface area contributed by atoms with E-state index in [1.807, 2.05) is 0 Å². The van der Waals surface area contributed by atoms with Crippen molar-refractivity contribution < 1.29 is 9.18 Å². The summed E-state index contributed by atoms with van der Waals surface area (Å²) >= 11 is 0. The van der Waals surface area contributed by atoms with Crippen molar-refractivity contribution in [3.63, 3.8) is 0 Å². The zero-order chi connectivity index (χ0) is 10.8. The van der Waals surface area contributed by atoms with E-state index >= 15 is 0 Å². The largest absolute Gasteiger partial charge is 0.364 e. The number of carbonyl (C=O) groups excluding carboxylic acids is 1. The third kappa shape index (κ3) is 1.80. The Balaban J connectivity index is 2.41. The van der Waals surface area contributed by atoms with Gasteiger partial charge in [-0.1, -0.05) is 0 Å². The van der Waals surface area contributed by atoms with E-state index in [0.29, 0.717) is 0 Å². The van der Waals surface area contributed by atoms with Crippen LogP contribution in [-0.2, 0) is 0 Å². The molecule has 0 aromatic carbocycles. The molecule has 2 heterocycles. The fourth-order valence-electron chi connectivity index (χ4n) is 1.03. The third-order valence-corrected chi connectivity index (χ3v) is 1.70. The van der Waals surface area contributed by atoms with E-state index in [4.69, 9.17) is 5.73 Å². The maximum absolute atomic E-state index is 12.7. The predicted octanol–water partition coefficient (Wildman–Crippen LogP) is -0.0997. The van der Waals surface area contributed by atoms with Crippen LogP contribution in [0.25, 0.3) is 5.82 Å². The van der Waals surface area contributed by atoms with Gasteiger partial charge in [0.05, 0.1) is 0 Å². The maximum Gasteiger partial charge on any atom is 0.269 e. The molecule has 6 nitrogen and oxygen atoms in total. The Morgan fingerprint density at radius 2 is 2.27 bits per heavy atom. The molecule has 76 valence electrons. The quantitative estimate of drug-likeness (QED) is 0.696. The minimum atomic E-state index is -0.670. The monoisotopic (exact) mass is 207 g/mol. The average molecular weight is 207 g/mol. The van der Waals surface area contributed by atoms with Crippen molar-refractivity contribution in [1.29, 1.82) is 0 Å². The molecule has 2 aromatic rings. The summed E-state index contributed by atoms with van der Waals surface area (Å²) in [5, 5.41) is 3.81. The number of primary amides is 1. The van der Waals surface area contributed by atoms with Crippen molar-refractivity contribution in [1.82, 2.24) is 19.7 Å². The number of amides is 1. The predicted molar refractivity (Wildman–Crippen MR) is 47.6 cm³/mol. The van der Waals surface area contributed by atoms with E-state index in [2.05, 4.69) is 15.1 Å². The van der Waals surface area contributed by atoms with Crippen LogP contribution >= 0.6 is 0 Å². The summed E-state index contributed by atoms with van der Waals surface area (Å²) in [5.41, 5.74) is 5.11. The van der Waals surface area contributed by atoms with E-state index in [9.17, 15) is 9.18 Å². The lowest BCUT2D eigenvalue weighted by Crippen LogP contribution is -2.12. The first-order valence-electron chi connectivity index (χ1n) is 4.00. The number of hydrogen-bond acceptors (Lipinski definition) is 4. The summed E-state index contributed by atoms with van der Waals surface area (Å²) in [6, 6.07) is 2.51. The van der Waals surface area contributed by atoms with Crippen LogP contribution in [0.4, 0.5) is 4.39 Å². The van der Waals surface area contributed by atoms with E-state index in [0.717, 1.165) is 12.4 Å². The van der Waals surface area contributed by atoms with Gasteiger partial charge in [-0.15, -0.1) is 0 Å². The van der Waals surface area contributed by atoms with Crippen LogP contribution in [0.15, 0.2) is 24.7 Å². The lowest BCUT2D eigenvalue weighted by molar-refractivity contribution is 0.0995. The average Bonchev–Trinajstić information content (AvgIpc) is 2.66. The highest BCUT2D eigenvalue weighted by atomic mass is 19.1. The van der Waals surface area contributed by atoms with Gasteiger partial charge >= 0.3 is 0 Å². The lowest BCUT2D eigenvalue weighted by Gasteiger charge is -1.98. The topological polar surface area (TPSA) is 86.7 Å². The van der Waals surface area contributed by atoms with Crippen LogP contribution in [0.5, 0.6) is 0 Å². The van der Waals surface area contributed by atoms with E-state index in [1.165, 1.54) is 16.9 Å². The molecule has 0 saturated carbocycles. The zero-order valence-electron chi connectivity index (χ0n) is 7.46. The zero-order valence-corrected chi connectivity index (χ0v) is 7.46. The molecular formula is C8H6FN5O. The summed E-state index contributed by atoms with van der Waals surface area (Å²) < 4.78 is 14.0. The highest BCUT2D eigenvalue weighted by Gasteiger charge is 2.07. The van der Waals surface area contributed by atoms with E-state index in [-0.39, 0.29) is 11.5 Å². The van der Waals surface area contributed by atoms with Gasteiger partial charge in [0, 0.05) is 12.3 Å². The number of halogens is 1. The Morgan fingerprint density at radius 1 is 1.47 bits per heavy atom. The van der Waals surface area contributed by atoms with Gasteiger partial charge in [0.25, 0.3) is 5.91 Å². The summed E-state index contributed by atoms with van der Waals surface area (Å²) in [6.45, 7) is 0. The summed E-state index contributed by atoms with van der Waals surface area (Å²) in [5.74, 6) is -1.09. The lowest BCUT2D eigenvalue weighted by atomic mass is 10.4. The van der Waals surface area contributed by atoms with E-state index in [1.54, 1.807) is 0 Å². The molecule has 0 bridgehead atoms. The molecule has 0 saturated heterocycles. The van der Waals surface area contributed by atoms with Crippen molar-refractivity contribution in [2.24, 2.45) is 5.73 Å². The van der Waals surface area contributed by atoms with Gasteiger partial charge in [-0.3, -0.25) is 4.79 Å². The number of nitrogens with two attached hydrogens (primary N) is 1. The minimum absolute atomic E-state index is 0.0917. The first-order valence-corrected chi connectivity index (χ1v) is 4.00. The van der Waals surface area contributed by atoms with Crippen molar-refractivity contribution in [3.8, 4) is 5.82 Å². The van der Waals surface area contributed by atoms with Crippen LogP contribution in [0.1, 0.15) is 10.5 Å². The Hall–Kier alpha value is -2.31. The highest BCUT2D eigenvalue weighted by molar-refractivity contribution is 5.90. The number of carbonyl (C=O) groups is 1. The summed E-state index contributed by atoms with van der Waals surface area (Å²) in [4.78, 5) is 17.8. The minimum Gasteiger partial charge on any atom is -0.364 e. The van der Waals surface area contributed by atoms with E-state index < -0.39 is 11.9 Å². The molecule has 0 spiro atoms. The third-order valence-electron chi connectivity index (χ3n) is 1.70. The molecule has 2 rings (SSSR count). The summed E-state index contributed by atoms with van der Waals surface area (Å²) in [7, 11) is 0. The standard InChI is InChI=1S/C8H6FN5O/c9-6-3-7(12-4-11-6)14-2-1-5(13-14)8(10)15/h1-4H,(H2,10,15). The Labute approximate surface area is 83.6 Å². The normalized spacial score (nSPS) is 10.2. The van der Waals surface area contributed by atoms with Gasteiger partial charge in [-0.25, -0.2) is 14.6 Å². The van der Waals surface area contributed by atoms with Gasteiger partial charge in [-0.2, -0.15) is 9.49 Å². The van der Waals surface area contributed by atoms with Gasteiger partial charge < -0.3 is 5.73 Å². The van der Waals surface area contributed by atoms with Crippen LogP contribution in [0.3, 0.4) is 0 Å². The van der Waals surface area contributed by atoms with Gasteiger partial charge in [-0.05, 0) is 6.07 Å².